The molecule has 0 radical (unpaired) electrons. The van der Waals surface area contributed by atoms with E-state index in [2.05, 4.69) is 5.32 Å². The van der Waals surface area contributed by atoms with Crippen LogP contribution >= 0.6 is 0 Å². The lowest BCUT2D eigenvalue weighted by Crippen LogP contribution is -2.34. The van der Waals surface area contributed by atoms with Crippen LogP contribution in [0.3, 0.4) is 0 Å². The van der Waals surface area contributed by atoms with Crippen molar-refractivity contribution in [3.8, 4) is 5.75 Å². The fourth-order valence-electron chi connectivity index (χ4n) is 1.58. The minimum absolute atomic E-state index is 0.241. The normalized spacial score (nSPS) is 12.1. The van der Waals surface area contributed by atoms with E-state index in [-0.39, 0.29) is 11.5 Å². The Morgan fingerprint density at radius 1 is 1.22 bits per heavy atom. The molecule has 0 unspecified atom stereocenters. The van der Waals surface area contributed by atoms with Crippen LogP contribution in [0.2, 0.25) is 0 Å². The van der Waals surface area contributed by atoms with Crippen molar-refractivity contribution >= 4 is 16.8 Å². The molecule has 0 saturated heterocycles. The molecule has 128 valence electrons. The third kappa shape index (κ3) is 7.69. The molecule has 0 atom stereocenters. The number of thiol groups is 1. The average Bonchev–Trinajstić information content (AvgIpc) is 2.46. The van der Waals surface area contributed by atoms with Gasteiger partial charge in [-0.2, -0.15) is 0 Å². The second-order valence-electron chi connectivity index (χ2n) is 5.84. The van der Waals surface area contributed by atoms with E-state index in [1.54, 1.807) is 32.9 Å². The Bertz CT molecular complexity index is 619. The Morgan fingerprint density at radius 2 is 1.83 bits per heavy atom. The van der Waals surface area contributed by atoms with Crippen molar-refractivity contribution in [2.75, 3.05) is 13.2 Å². The topological polar surface area (TPSA) is 81.7 Å². The second kappa shape index (κ2) is 8.57. The first-order valence-electron chi connectivity index (χ1n) is 7.19. The van der Waals surface area contributed by atoms with Gasteiger partial charge in [-0.1, -0.05) is 6.08 Å². The number of rotatable bonds is 6. The van der Waals surface area contributed by atoms with Crippen molar-refractivity contribution in [2.45, 2.75) is 38.2 Å². The molecule has 1 aromatic rings. The molecule has 0 aliphatic rings. The number of hydrogen-bond acceptors (Lipinski definition) is 5. The molecular formula is C16H23NO5S. The lowest BCUT2D eigenvalue weighted by Gasteiger charge is -2.20. The number of carbonyl (C=O) groups excluding carboxylic acids is 1. The first kappa shape index (κ1) is 19.0. The van der Waals surface area contributed by atoms with E-state index in [0.29, 0.717) is 12.3 Å². The van der Waals surface area contributed by atoms with Crippen LogP contribution in [0.1, 0.15) is 27.7 Å². The van der Waals surface area contributed by atoms with Crippen LogP contribution in [0.5, 0.6) is 5.75 Å². The maximum absolute atomic E-state index is 11.6. The third-order valence-corrected chi connectivity index (χ3v) is 3.46. The highest BCUT2D eigenvalue weighted by molar-refractivity contribution is 7.72. The van der Waals surface area contributed by atoms with E-state index < -0.39 is 22.4 Å². The first-order chi connectivity index (χ1) is 10.7. The molecule has 0 aliphatic carbocycles. The standard InChI is InChI=1S/C16H23NO5S/c1-5-12(10-17-15(18)22-16(2,3)4)11-21-13-6-8-14(9-7-13)23(19)20/h5-9,23H,10-11H2,1-4H3,(H,17,18)/b12-5+. The van der Waals surface area contributed by atoms with Crippen LogP contribution in [0.25, 0.3) is 0 Å². The van der Waals surface area contributed by atoms with Crippen LogP contribution in [-0.2, 0) is 15.4 Å². The van der Waals surface area contributed by atoms with Crippen molar-refractivity contribution in [1.29, 1.82) is 0 Å². The number of benzene rings is 1. The fraction of sp³-hybridized carbons (Fsp3) is 0.438. The van der Waals surface area contributed by atoms with Crippen LogP contribution in [0.4, 0.5) is 4.79 Å². The predicted octanol–water partition coefficient (Wildman–Crippen LogP) is 2.51. The van der Waals surface area contributed by atoms with Crippen molar-refractivity contribution < 1.29 is 22.7 Å². The van der Waals surface area contributed by atoms with Crippen LogP contribution in [0, 0.1) is 0 Å². The Hall–Kier alpha value is -2.02. The average molecular weight is 341 g/mol. The van der Waals surface area contributed by atoms with E-state index >= 15 is 0 Å². The van der Waals surface area contributed by atoms with Gasteiger partial charge in [-0.3, -0.25) is 0 Å². The molecule has 0 spiro atoms. The number of hydrogen-bond donors (Lipinski definition) is 2. The zero-order valence-corrected chi connectivity index (χ0v) is 14.7. The molecule has 23 heavy (non-hydrogen) atoms. The number of allylic oxidation sites excluding steroid dienone is 1. The summed E-state index contributed by atoms with van der Waals surface area (Å²) in [6, 6.07) is 6.15. The highest BCUT2D eigenvalue weighted by atomic mass is 32.2. The van der Waals surface area contributed by atoms with Crippen LogP contribution in [0.15, 0.2) is 40.8 Å². The summed E-state index contributed by atoms with van der Waals surface area (Å²) in [6.45, 7) is 7.84. The molecule has 1 aromatic carbocycles. The highest BCUT2D eigenvalue weighted by Gasteiger charge is 2.15. The first-order valence-corrected chi connectivity index (χ1v) is 8.37. The lowest BCUT2D eigenvalue weighted by molar-refractivity contribution is 0.0531. The Kier molecular flexibility index (Phi) is 7.09. The molecule has 0 aliphatic heterocycles. The van der Waals surface area contributed by atoms with Gasteiger partial charge in [-0.25, -0.2) is 13.2 Å². The minimum atomic E-state index is -2.59. The van der Waals surface area contributed by atoms with E-state index in [4.69, 9.17) is 9.47 Å². The zero-order valence-electron chi connectivity index (χ0n) is 13.8. The molecule has 6 nitrogen and oxygen atoms in total. The Morgan fingerprint density at radius 3 is 2.30 bits per heavy atom. The van der Waals surface area contributed by atoms with E-state index in [0.717, 1.165) is 5.57 Å². The number of amides is 1. The maximum Gasteiger partial charge on any atom is 0.407 e. The van der Waals surface area contributed by atoms with Gasteiger partial charge in [-0.15, -0.1) is 0 Å². The van der Waals surface area contributed by atoms with Gasteiger partial charge in [0.1, 0.15) is 18.0 Å². The monoisotopic (exact) mass is 341 g/mol. The zero-order chi connectivity index (χ0) is 17.5. The molecule has 0 aromatic heterocycles. The summed E-state index contributed by atoms with van der Waals surface area (Å²) in [7, 11) is -2.59. The van der Waals surface area contributed by atoms with Gasteiger partial charge in [0.25, 0.3) is 0 Å². The molecule has 7 heteroatoms. The van der Waals surface area contributed by atoms with Crippen LogP contribution in [-0.4, -0.2) is 33.3 Å². The molecule has 1 rings (SSSR count). The Labute approximate surface area is 138 Å². The van der Waals surface area contributed by atoms with Gasteiger partial charge in [0.2, 0.25) is 0 Å². The van der Waals surface area contributed by atoms with Crippen molar-refractivity contribution in [3.05, 3.63) is 35.9 Å². The van der Waals surface area contributed by atoms with E-state index in [9.17, 15) is 13.2 Å². The summed E-state index contributed by atoms with van der Waals surface area (Å²) < 4.78 is 32.3. The number of alkyl carbamates (subject to hydrolysis) is 1. The van der Waals surface area contributed by atoms with Gasteiger partial charge in [0.05, 0.1) is 4.90 Å². The molecular weight excluding hydrogens is 318 g/mol. The van der Waals surface area contributed by atoms with Gasteiger partial charge >= 0.3 is 6.09 Å². The highest BCUT2D eigenvalue weighted by Crippen LogP contribution is 2.14. The summed E-state index contributed by atoms with van der Waals surface area (Å²) >= 11 is 0. The molecule has 1 amide bonds. The molecule has 0 fully saturated rings. The predicted molar refractivity (Wildman–Crippen MR) is 88.5 cm³/mol. The molecule has 0 heterocycles. The maximum atomic E-state index is 11.6. The SMILES string of the molecule is C/C=C(\CNC(=O)OC(C)(C)C)COc1ccc([SH](=O)=O)cc1. The van der Waals surface area contributed by atoms with E-state index in [1.807, 2.05) is 13.0 Å². The summed E-state index contributed by atoms with van der Waals surface area (Å²) in [5.41, 5.74) is 0.329. The third-order valence-electron chi connectivity index (χ3n) is 2.74. The summed E-state index contributed by atoms with van der Waals surface area (Å²) in [4.78, 5) is 11.8. The molecule has 0 saturated carbocycles. The van der Waals surface area contributed by atoms with Crippen molar-refractivity contribution in [1.82, 2.24) is 5.32 Å². The number of ether oxygens (including phenoxy) is 2. The van der Waals surface area contributed by atoms with Gasteiger partial charge in [0.15, 0.2) is 10.7 Å². The van der Waals surface area contributed by atoms with Crippen molar-refractivity contribution in [3.63, 3.8) is 0 Å². The van der Waals surface area contributed by atoms with Crippen LogP contribution < -0.4 is 10.1 Å². The second-order valence-corrected chi connectivity index (χ2v) is 6.87. The number of carbonyl (C=O) groups is 1. The molecule has 0 bridgehead atoms. The summed E-state index contributed by atoms with van der Waals surface area (Å²) in [5, 5.41) is 2.66. The fourth-order valence-corrected chi connectivity index (χ4v) is 1.97. The number of nitrogens with one attached hydrogen (secondary N) is 1. The van der Waals surface area contributed by atoms with Gasteiger partial charge < -0.3 is 14.8 Å². The molecule has 1 N–H and O–H groups in total. The Balaban J connectivity index is 2.46. The van der Waals surface area contributed by atoms with Gasteiger partial charge in [-0.05, 0) is 57.5 Å². The van der Waals surface area contributed by atoms with Gasteiger partial charge in [0, 0.05) is 6.54 Å². The minimum Gasteiger partial charge on any atom is -0.489 e. The van der Waals surface area contributed by atoms with E-state index in [1.165, 1.54) is 12.1 Å². The summed E-state index contributed by atoms with van der Waals surface area (Å²) in [5.74, 6) is 0.558. The van der Waals surface area contributed by atoms with Crippen molar-refractivity contribution in [2.24, 2.45) is 0 Å². The quantitative estimate of drug-likeness (QED) is 0.614. The summed E-state index contributed by atoms with van der Waals surface area (Å²) in [6.07, 6.45) is 1.36. The smallest absolute Gasteiger partial charge is 0.407 e. The lowest BCUT2D eigenvalue weighted by atomic mass is 10.2. The largest absolute Gasteiger partial charge is 0.489 e.